The van der Waals surface area contributed by atoms with E-state index in [4.69, 9.17) is 11.6 Å². The van der Waals surface area contributed by atoms with Gasteiger partial charge in [0.15, 0.2) is 4.60 Å². The van der Waals surface area contributed by atoms with E-state index in [-0.39, 0.29) is 5.38 Å². The highest BCUT2D eigenvalue weighted by molar-refractivity contribution is 9.10. The third kappa shape index (κ3) is 1.82. The summed E-state index contributed by atoms with van der Waals surface area (Å²) >= 11 is 9.76. The Morgan fingerprint density at radius 1 is 1.43 bits per heavy atom. The average molecular weight is 279 g/mol. The van der Waals surface area contributed by atoms with Crippen LogP contribution in [0.3, 0.4) is 0 Å². The number of hydrogen-bond donors (Lipinski definition) is 0. The topological polar surface area (TPSA) is 30.7 Å². The Balaban J connectivity index is 2.28. The second-order valence-corrected chi connectivity index (χ2v) is 5.11. The molecule has 3 nitrogen and oxygen atoms in total. The van der Waals surface area contributed by atoms with Gasteiger partial charge in [0.25, 0.3) is 0 Å². The molecule has 2 rings (SSSR count). The monoisotopic (exact) mass is 277 g/mol. The molecular formula is C9H13BrClN3. The van der Waals surface area contributed by atoms with Crippen molar-refractivity contribution in [3.8, 4) is 0 Å². The van der Waals surface area contributed by atoms with Gasteiger partial charge >= 0.3 is 0 Å². The van der Waals surface area contributed by atoms with Gasteiger partial charge < -0.3 is 0 Å². The standard InChI is InChI=1S/C9H13BrClN3/c1-14-8(9(10)12-13-14)6-4-2-3-5-7(6)11/h6-7H,2-5H2,1H3. The molecule has 78 valence electrons. The predicted octanol–water partition coefficient (Wildman–Crippen LogP) is 2.84. The van der Waals surface area contributed by atoms with Gasteiger partial charge in [0.05, 0.1) is 5.69 Å². The van der Waals surface area contributed by atoms with Gasteiger partial charge in [0.1, 0.15) is 0 Å². The van der Waals surface area contributed by atoms with Crippen LogP contribution < -0.4 is 0 Å². The molecule has 0 aromatic carbocycles. The first-order valence-corrected chi connectivity index (χ1v) is 6.12. The quantitative estimate of drug-likeness (QED) is 0.740. The van der Waals surface area contributed by atoms with Gasteiger partial charge in [-0.15, -0.1) is 16.7 Å². The Labute approximate surface area is 96.9 Å². The van der Waals surface area contributed by atoms with Crippen LogP contribution in [0.1, 0.15) is 37.3 Å². The smallest absolute Gasteiger partial charge is 0.151 e. The van der Waals surface area contributed by atoms with Gasteiger partial charge in [-0.1, -0.05) is 18.1 Å². The van der Waals surface area contributed by atoms with Crippen LogP contribution in [0, 0.1) is 0 Å². The fourth-order valence-corrected chi connectivity index (χ4v) is 3.15. The first-order chi connectivity index (χ1) is 6.70. The van der Waals surface area contributed by atoms with Crippen LogP contribution in [0.5, 0.6) is 0 Å². The molecule has 1 heterocycles. The molecule has 2 unspecified atom stereocenters. The summed E-state index contributed by atoms with van der Waals surface area (Å²) in [5, 5.41) is 8.22. The molecular weight excluding hydrogens is 265 g/mol. The Kier molecular flexibility index (Phi) is 3.12. The van der Waals surface area contributed by atoms with Crippen molar-refractivity contribution in [1.29, 1.82) is 0 Å². The molecule has 1 aromatic rings. The lowest BCUT2D eigenvalue weighted by Crippen LogP contribution is -2.20. The van der Waals surface area contributed by atoms with Crippen molar-refractivity contribution < 1.29 is 0 Å². The highest BCUT2D eigenvalue weighted by Gasteiger charge is 2.29. The molecule has 0 radical (unpaired) electrons. The average Bonchev–Trinajstić information content (AvgIpc) is 2.48. The molecule has 0 saturated heterocycles. The summed E-state index contributed by atoms with van der Waals surface area (Å²) in [6, 6.07) is 0. The molecule has 1 aliphatic carbocycles. The first kappa shape index (κ1) is 10.4. The van der Waals surface area contributed by atoms with Crippen LogP contribution in [0.25, 0.3) is 0 Å². The molecule has 1 fully saturated rings. The van der Waals surface area contributed by atoms with Gasteiger partial charge in [-0.2, -0.15) is 0 Å². The summed E-state index contributed by atoms with van der Waals surface area (Å²) in [5.41, 5.74) is 1.14. The van der Waals surface area contributed by atoms with Crippen molar-refractivity contribution in [1.82, 2.24) is 15.0 Å². The number of hydrogen-bond acceptors (Lipinski definition) is 2. The summed E-state index contributed by atoms with van der Waals surface area (Å²) in [5.74, 6) is 0.403. The minimum absolute atomic E-state index is 0.234. The van der Waals surface area contributed by atoms with Crippen LogP contribution in [0.15, 0.2) is 4.60 Å². The minimum Gasteiger partial charge on any atom is -0.251 e. The van der Waals surface area contributed by atoms with Gasteiger partial charge in [0.2, 0.25) is 0 Å². The van der Waals surface area contributed by atoms with Crippen LogP contribution in [-0.4, -0.2) is 20.4 Å². The second kappa shape index (κ2) is 4.19. The Bertz CT molecular complexity index is 306. The highest BCUT2D eigenvalue weighted by atomic mass is 79.9. The number of aryl methyl sites for hydroxylation is 1. The molecule has 0 amide bonds. The van der Waals surface area contributed by atoms with E-state index in [0.29, 0.717) is 5.92 Å². The SMILES string of the molecule is Cn1nnc(Br)c1C1CCCCC1Cl. The van der Waals surface area contributed by atoms with Gasteiger partial charge in [0, 0.05) is 18.3 Å². The molecule has 14 heavy (non-hydrogen) atoms. The molecule has 1 aliphatic rings. The molecule has 1 aromatic heterocycles. The number of halogens is 2. The maximum atomic E-state index is 6.33. The maximum absolute atomic E-state index is 6.33. The molecule has 0 aliphatic heterocycles. The van der Waals surface area contributed by atoms with Crippen molar-refractivity contribution in [3.05, 3.63) is 10.3 Å². The van der Waals surface area contributed by atoms with Gasteiger partial charge in [-0.3, -0.25) is 4.68 Å². The third-order valence-corrected chi connectivity index (χ3v) is 3.95. The molecule has 0 spiro atoms. The van der Waals surface area contributed by atoms with E-state index in [1.807, 2.05) is 11.7 Å². The van der Waals surface area contributed by atoms with Crippen LogP contribution in [0.2, 0.25) is 0 Å². The molecule has 2 atom stereocenters. The van der Waals surface area contributed by atoms with Gasteiger partial charge in [-0.25, -0.2) is 0 Å². The molecule has 0 bridgehead atoms. The molecule has 1 saturated carbocycles. The highest BCUT2D eigenvalue weighted by Crippen LogP contribution is 2.38. The summed E-state index contributed by atoms with van der Waals surface area (Å²) < 4.78 is 2.67. The summed E-state index contributed by atoms with van der Waals surface area (Å²) in [6.45, 7) is 0. The zero-order valence-electron chi connectivity index (χ0n) is 8.08. The van der Waals surface area contributed by atoms with Crippen LogP contribution in [-0.2, 0) is 7.05 Å². The van der Waals surface area contributed by atoms with Crippen LogP contribution in [0.4, 0.5) is 0 Å². The van der Waals surface area contributed by atoms with Crippen molar-refractivity contribution in [2.75, 3.05) is 0 Å². The summed E-state index contributed by atoms with van der Waals surface area (Å²) in [4.78, 5) is 0. The number of aromatic nitrogens is 3. The van der Waals surface area contributed by atoms with Gasteiger partial charge in [-0.05, 0) is 28.8 Å². The lowest BCUT2D eigenvalue weighted by molar-refractivity contribution is 0.429. The van der Waals surface area contributed by atoms with Crippen molar-refractivity contribution in [3.63, 3.8) is 0 Å². The maximum Gasteiger partial charge on any atom is 0.151 e. The fraction of sp³-hybridized carbons (Fsp3) is 0.778. The molecule has 5 heteroatoms. The number of alkyl halides is 1. The predicted molar refractivity (Wildman–Crippen MR) is 59.6 cm³/mol. The fourth-order valence-electron chi connectivity index (χ4n) is 2.13. The van der Waals surface area contributed by atoms with E-state index in [0.717, 1.165) is 23.1 Å². The zero-order valence-corrected chi connectivity index (χ0v) is 10.4. The van der Waals surface area contributed by atoms with E-state index in [1.165, 1.54) is 12.8 Å². The lowest BCUT2D eigenvalue weighted by atomic mass is 9.86. The zero-order chi connectivity index (χ0) is 10.1. The third-order valence-electron chi connectivity index (χ3n) is 2.86. The Morgan fingerprint density at radius 3 is 2.71 bits per heavy atom. The van der Waals surface area contributed by atoms with E-state index in [9.17, 15) is 0 Å². The number of nitrogens with zero attached hydrogens (tertiary/aromatic N) is 3. The summed E-state index contributed by atoms with van der Waals surface area (Å²) in [7, 11) is 1.92. The Hall–Kier alpha value is -0.0900. The van der Waals surface area contributed by atoms with E-state index >= 15 is 0 Å². The normalized spacial score (nSPS) is 27.9. The van der Waals surface area contributed by atoms with Crippen molar-refractivity contribution in [2.45, 2.75) is 37.0 Å². The van der Waals surface area contributed by atoms with Crippen molar-refractivity contribution >= 4 is 27.5 Å². The second-order valence-electron chi connectivity index (χ2n) is 3.80. The Morgan fingerprint density at radius 2 is 2.14 bits per heavy atom. The lowest BCUT2D eigenvalue weighted by Gasteiger charge is -2.26. The van der Waals surface area contributed by atoms with E-state index in [1.54, 1.807) is 0 Å². The molecule has 0 N–H and O–H groups in total. The minimum atomic E-state index is 0.234. The van der Waals surface area contributed by atoms with E-state index in [2.05, 4.69) is 26.2 Å². The van der Waals surface area contributed by atoms with Crippen molar-refractivity contribution in [2.24, 2.45) is 7.05 Å². The largest absolute Gasteiger partial charge is 0.251 e. The summed E-state index contributed by atoms with van der Waals surface area (Å²) in [6.07, 6.45) is 4.75. The first-order valence-electron chi connectivity index (χ1n) is 4.89. The van der Waals surface area contributed by atoms with E-state index < -0.39 is 0 Å². The number of rotatable bonds is 1. The van der Waals surface area contributed by atoms with Crippen LogP contribution >= 0.6 is 27.5 Å².